The molecule has 2 aromatic rings. The smallest absolute Gasteiger partial charge is 0.252 e. The number of nitrogens with zero attached hydrogens (tertiary/aromatic N) is 1. The summed E-state index contributed by atoms with van der Waals surface area (Å²) in [6.07, 6.45) is 5.20. The van der Waals surface area contributed by atoms with Gasteiger partial charge in [-0.3, -0.25) is 25.3 Å². The summed E-state index contributed by atoms with van der Waals surface area (Å²) in [5.74, 6) is -0.140. The number of hydrazine groups is 1. The molecule has 0 bridgehead atoms. The largest absolute Gasteiger partial charge is 0.285 e. The van der Waals surface area contributed by atoms with Gasteiger partial charge in [-0.15, -0.1) is 0 Å². The van der Waals surface area contributed by atoms with Crippen molar-refractivity contribution in [1.29, 1.82) is 0 Å². The molecule has 0 aliphatic heterocycles. The van der Waals surface area contributed by atoms with E-state index in [1.807, 2.05) is 12.1 Å². The Balaban J connectivity index is 1.40. The third kappa shape index (κ3) is 4.14. The van der Waals surface area contributed by atoms with Gasteiger partial charge in [-0.2, -0.15) is 0 Å². The fourth-order valence-corrected chi connectivity index (χ4v) is 3.76. The molecular formula is C22H27N3O2. The number of rotatable bonds is 6. The number of carbonyl (C=O) groups is 2. The summed E-state index contributed by atoms with van der Waals surface area (Å²) in [7, 11) is 0. The highest BCUT2D eigenvalue weighted by Crippen LogP contribution is 2.34. The minimum absolute atomic E-state index is 0.0600. The molecule has 0 heterocycles. The van der Waals surface area contributed by atoms with Crippen molar-refractivity contribution in [2.75, 3.05) is 6.54 Å². The second-order valence-corrected chi connectivity index (χ2v) is 7.85. The highest BCUT2D eigenvalue weighted by atomic mass is 16.2. The first-order chi connectivity index (χ1) is 13.1. The Morgan fingerprint density at radius 1 is 1.04 bits per heavy atom. The predicted molar refractivity (Wildman–Crippen MR) is 106 cm³/mol. The van der Waals surface area contributed by atoms with Gasteiger partial charge in [0.25, 0.3) is 5.91 Å². The van der Waals surface area contributed by atoms with Gasteiger partial charge in [0.05, 0.1) is 6.54 Å². The van der Waals surface area contributed by atoms with Gasteiger partial charge in [0.15, 0.2) is 0 Å². The highest BCUT2D eigenvalue weighted by molar-refractivity contribution is 5.85. The molecule has 0 saturated heterocycles. The monoisotopic (exact) mass is 365 g/mol. The lowest BCUT2D eigenvalue weighted by Gasteiger charge is -2.29. The summed E-state index contributed by atoms with van der Waals surface area (Å²) in [5, 5.41) is 2.44. The molecule has 2 fully saturated rings. The highest BCUT2D eigenvalue weighted by Gasteiger charge is 2.34. The van der Waals surface area contributed by atoms with Crippen LogP contribution in [0.5, 0.6) is 0 Å². The SMILES string of the molecule is CC(c1ccc2ccccc2c1)N(CC(=O)NNC(=O)C1CCC1)C1CC1. The van der Waals surface area contributed by atoms with E-state index in [4.69, 9.17) is 0 Å². The van der Waals surface area contributed by atoms with Gasteiger partial charge in [0.1, 0.15) is 0 Å². The minimum atomic E-state index is -0.151. The van der Waals surface area contributed by atoms with Crippen LogP contribution < -0.4 is 10.9 Å². The van der Waals surface area contributed by atoms with Gasteiger partial charge in [0, 0.05) is 18.0 Å². The molecule has 4 rings (SSSR count). The molecule has 27 heavy (non-hydrogen) atoms. The van der Waals surface area contributed by atoms with Gasteiger partial charge >= 0.3 is 0 Å². The van der Waals surface area contributed by atoms with Crippen molar-refractivity contribution in [2.45, 2.75) is 51.1 Å². The number of amides is 2. The van der Waals surface area contributed by atoms with Crippen molar-refractivity contribution < 1.29 is 9.59 Å². The number of benzene rings is 2. The lowest BCUT2D eigenvalue weighted by atomic mass is 9.85. The number of nitrogens with one attached hydrogen (secondary N) is 2. The zero-order valence-electron chi connectivity index (χ0n) is 15.8. The van der Waals surface area contributed by atoms with Gasteiger partial charge in [-0.1, -0.05) is 42.8 Å². The van der Waals surface area contributed by atoms with Crippen LogP contribution in [0.2, 0.25) is 0 Å². The molecule has 2 aromatic carbocycles. The summed E-state index contributed by atoms with van der Waals surface area (Å²) >= 11 is 0. The van der Waals surface area contributed by atoms with Crippen molar-refractivity contribution in [3.05, 3.63) is 48.0 Å². The van der Waals surface area contributed by atoms with E-state index in [9.17, 15) is 9.59 Å². The number of hydrogen-bond acceptors (Lipinski definition) is 3. The van der Waals surface area contributed by atoms with Crippen molar-refractivity contribution >= 4 is 22.6 Å². The summed E-state index contributed by atoms with van der Waals surface area (Å²) in [6, 6.07) is 15.4. The van der Waals surface area contributed by atoms with Gasteiger partial charge in [-0.25, -0.2) is 0 Å². The van der Waals surface area contributed by atoms with E-state index >= 15 is 0 Å². The molecule has 5 nitrogen and oxygen atoms in total. The molecule has 2 aliphatic carbocycles. The molecular weight excluding hydrogens is 338 g/mol. The van der Waals surface area contributed by atoms with Crippen LogP contribution in [-0.4, -0.2) is 29.3 Å². The zero-order chi connectivity index (χ0) is 18.8. The summed E-state index contributed by atoms with van der Waals surface area (Å²) in [6.45, 7) is 2.45. The maximum absolute atomic E-state index is 12.4. The zero-order valence-corrected chi connectivity index (χ0v) is 15.8. The van der Waals surface area contributed by atoms with Crippen LogP contribution >= 0.6 is 0 Å². The Labute approximate surface area is 160 Å². The third-order valence-electron chi connectivity index (χ3n) is 5.90. The van der Waals surface area contributed by atoms with E-state index in [0.29, 0.717) is 12.6 Å². The summed E-state index contributed by atoms with van der Waals surface area (Å²) < 4.78 is 0. The Morgan fingerprint density at radius 2 is 1.78 bits per heavy atom. The summed E-state index contributed by atoms with van der Waals surface area (Å²) in [5.41, 5.74) is 6.40. The molecule has 2 N–H and O–H groups in total. The first-order valence-electron chi connectivity index (χ1n) is 9.95. The molecule has 2 amide bonds. The van der Waals surface area contributed by atoms with Crippen molar-refractivity contribution in [3.8, 4) is 0 Å². The Bertz CT molecular complexity index is 842. The predicted octanol–water partition coefficient (Wildman–Crippen LogP) is 3.31. The van der Waals surface area contributed by atoms with E-state index in [2.05, 4.69) is 53.0 Å². The van der Waals surface area contributed by atoms with E-state index in [1.165, 1.54) is 16.3 Å². The van der Waals surface area contributed by atoms with Crippen LogP contribution in [0.15, 0.2) is 42.5 Å². The average molecular weight is 365 g/mol. The van der Waals surface area contributed by atoms with E-state index in [1.54, 1.807) is 0 Å². The number of fused-ring (bicyclic) bond motifs is 1. The van der Waals surface area contributed by atoms with Gasteiger partial charge < -0.3 is 0 Å². The maximum Gasteiger partial charge on any atom is 0.252 e. The minimum Gasteiger partial charge on any atom is -0.285 e. The van der Waals surface area contributed by atoms with Gasteiger partial charge in [0.2, 0.25) is 5.91 Å². The average Bonchev–Trinajstić information content (AvgIpc) is 3.47. The van der Waals surface area contributed by atoms with Crippen LogP contribution in [-0.2, 0) is 9.59 Å². The molecule has 0 radical (unpaired) electrons. The van der Waals surface area contributed by atoms with E-state index in [0.717, 1.165) is 32.1 Å². The Morgan fingerprint density at radius 3 is 2.44 bits per heavy atom. The van der Waals surface area contributed by atoms with Crippen molar-refractivity contribution in [1.82, 2.24) is 15.8 Å². The molecule has 5 heteroatoms. The Kier molecular flexibility index (Phi) is 5.12. The fourth-order valence-electron chi connectivity index (χ4n) is 3.76. The molecule has 1 unspecified atom stereocenters. The quantitative estimate of drug-likeness (QED) is 0.772. The number of hydrogen-bond donors (Lipinski definition) is 2. The molecule has 2 aliphatic rings. The molecule has 1 atom stereocenters. The molecule has 2 saturated carbocycles. The second kappa shape index (κ2) is 7.69. The Hall–Kier alpha value is -2.40. The molecule has 0 aromatic heterocycles. The molecule has 0 spiro atoms. The van der Waals surface area contributed by atoms with Gasteiger partial charge in [-0.05, 0) is 55.0 Å². The topological polar surface area (TPSA) is 61.4 Å². The lowest BCUT2D eigenvalue weighted by Crippen LogP contribution is -2.49. The van der Waals surface area contributed by atoms with Crippen molar-refractivity contribution in [3.63, 3.8) is 0 Å². The second-order valence-electron chi connectivity index (χ2n) is 7.85. The van der Waals surface area contributed by atoms with Crippen LogP contribution in [0.1, 0.15) is 50.6 Å². The lowest BCUT2D eigenvalue weighted by molar-refractivity contribution is -0.133. The summed E-state index contributed by atoms with van der Waals surface area (Å²) in [4.78, 5) is 26.5. The third-order valence-corrected chi connectivity index (χ3v) is 5.90. The maximum atomic E-state index is 12.4. The normalized spacial score (nSPS) is 18.1. The fraction of sp³-hybridized carbons (Fsp3) is 0.455. The van der Waals surface area contributed by atoms with Crippen LogP contribution in [0.25, 0.3) is 10.8 Å². The van der Waals surface area contributed by atoms with E-state index in [-0.39, 0.29) is 23.8 Å². The van der Waals surface area contributed by atoms with Crippen LogP contribution in [0.3, 0.4) is 0 Å². The van der Waals surface area contributed by atoms with Crippen LogP contribution in [0.4, 0.5) is 0 Å². The van der Waals surface area contributed by atoms with Crippen LogP contribution in [0, 0.1) is 5.92 Å². The molecule has 142 valence electrons. The van der Waals surface area contributed by atoms with E-state index < -0.39 is 0 Å². The number of carbonyl (C=O) groups excluding carboxylic acids is 2. The standard InChI is InChI=1S/C22H27N3O2/c1-15(18-10-9-16-5-2-3-6-19(16)13-18)25(20-11-12-20)14-21(26)23-24-22(27)17-7-4-8-17/h2-3,5-6,9-10,13,15,17,20H,4,7-8,11-12,14H2,1H3,(H,23,26)(H,24,27). The first kappa shape index (κ1) is 18.0. The first-order valence-corrected chi connectivity index (χ1v) is 9.95. The van der Waals surface area contributed by atoms with Crippen molar-refractivity contribution in [2.24, 2.45) is 5.92 Å².